The molecule has 0 saturated carbocycles. The maximum atomic E-state index is 12.7. The number of likely N-dealkylation sites (tertiary alicyclic amines) is 1. The number of benzene rings is 1. The molecule has 0 aromatic heterocycles. The van der Waals surface area contributed by atoms with Crippen molar-refractivity contribution in [3.63, 3.8) is 0 Å². The van der Waals surface area contributed by atoms with E-state index >= 15 is 0 Å². The van der Waals surface area contributed by atoms with E-state index in [0.29, 0.717) is 36.5 Å². The first-order valence-corrected chi connectivity index (χ1v) is 7.73. The van der Waals surface area contributed by atoms with Crippen LogP contribution in [0.15, 0.2) is 18.2 Å². The summed E-state index contributed by atoms with van der Waals surface area (Å²) in [7, 11) is 0. The molecule has 5 nitrogen and oxygen atoms in total. The first-order chi connectivity index (χ1) is 10.3. The van der Waals surface area contributed by atoms with Crippen molar-refractivity contribution >= 4 is 18.3 Å². The summed E-state index contributed by atoms with van der Waals surface area (Å²) in [6.07, 6.45) is 2.23. The Bertz CT molecular complexity index is 566. The monoisotopic (exact) mass is 324 g/mol. The third-order valence-electron chi connectivity index (χ3n) is 4.73. The van der Waals surface area contributed by atoms with Gasteiger partial charge in [-0.2, -0.15) is 0 Å². The van der Waals surface area contributed by atoms with Crippen molar-refractivity contribution in [2.24, 2.45) is 5.92 Å². The van der Waals surface area contributed by atoms with Gasteiger partial charge in [-0.25, -0.2) is 0 Å². The van der Waals surface area contributed by atoms with Crippen molar-refractivity contribution in [2.75, 3.05) is 32.8 Å². The number of nitrogens with zero attached hydrogens (tertiary/aromatic N) is 1. The summed E-state index contributed by atoms with van der Waals surface area (Å²) in [5.41, 5.74) is 0.698. The molecule has 0 radical (unpaired) electrons. The SMILES string of the molecule is Cl.O=C(c1ccc2c(c1)OCCO2)N1CCC2NCCC2C1. The number of amides is 1. The molecule has 6 heteroatoms. The molecule has 0 bridgehead atoms. The molecular formula is C16H21ClN2O3. The quantitative estimate of drug-likeness (QED) is 0.854. The van der Waals surface area contributed by atoms with Crippen LogP contribution in [-0.4, -0.2) is 49.7 Å². The smallest absolute Gasteiger partial charge is 0.254 e. The largest absolute Gasteiger partial charge is 0.486 e. The molecule has 1 amide bonds. The molecule has 0 aliphatic carbocycles. The van der Waals surface area contributed by atoms with Crippen molar-refractivity contribution < 1.29 is 14.3 Å². The van der Waals surface area contributed by atoms with Crippen LogP contribution in [0.25, 0.3) is 0 Å². The van der Waals surface area contributed by atoms with E-state index in [1.54, 1.807) is 0 Å². The maximum absolute atomic E-state index is 12.7. The highest BCUT2D eigenvalue weighted by Gasteiger charge is 2.34. The molecule has 3 heterocycles. The van der Waals surface area contributed by atoms with Gasteiger partial charge >= 0.3 is 0 Å². The van der Waals surface area contributed by atoms with Crippen LogP contribution in [0.5, 0.6) is 11.5 Å². The lowest BCUT2D eigenvalue weighted by Crippen LogP contribution is -2.46. The lowest BCUT2D eigenvalue weighted by Gasteiger charge is -2.35. The van der Waals surface area contributed by atoms with Gasteiger partial charge in [-0.05, 0) is 43.5 Å². The zero-order chi connectivity index (χ0) is 14.2. The van der Waals surface area contributed by atoms with Crippen LogP contribution in [0, 0.1) is 5.92 Å². The number of rotatable bonds is 1. The van der Waals surface area contributed by atoms with Gasteiger partial charge in [0.2, 0.25) is 0 Å². The van der Waals surface area contributed by atoms with Crippen molar-refractivity contribution in [2.45, 2.75) is 18.9 Å². The number of halogens is 1. The molecule has 1 aromatic rings. The van der Waals surface area contributed by atoms with Crippen molar-refractivity contribution in [3.05, 3.63) is 23.8 Å². The molecule has 4 rings (SSSR count). The summed E-state index contributed by atoms with van der Waals surface area (Å²) in [5.74, 6) is 2.14. The second-order valence-corrected chi connectivity index (χ2v) is 6.01. The fourth-order valence-corrected chi connectivity index (χ4v) is 3.59. The number of carbonyl (C=O) groups is 1. The van der Waals surface area contributed by atoms with Crippen molar-refractivity contribution in [1.29, 1.82) is 0 Å². The topological polar surface area (TPSA) is 50.8 Å². The third-order valence-corrected chi connectivity index (χ3v) is 4.73. The van der Waals surface area contributed by atoms with E-state index in [-0.39, 0.29) is 18.3 Å². The summed E-state index contributed by atoms with van der Waals surface area (Å²) < 4.78 is 11.1. The summed E-state index contributed by atoms with van der Waals surface area (Å²) in [5, 5.41) is 3.52. The van der Waals surface area contributed by atoms with Gasteiger partial charge in [0.1, 0.15) is 13.2 Å². The molecule has 0 spiro atoms. The molecule has 1 N–H and O–H groups in total. The number of hydrogen-bond acceptors (Lipinski definition) is 4. The molecule has 2 fully saturated rings. The minimum Gasteiger partial charge on any atom is -0.486 e. The first-order valence-electron chi connectivity index (χ1n) is 7.73. The standard InChI is InChI=1S/C16H20N2O3.ClH/c19-16(18-6-4-13-12(10-18)3-5-17-13)11-1-2-14-15(9-11)21-8-7-20-14;/h1-2,9,12-13,17H,3-8,10H2;1H. The summed E-state index contributed by atoms with van der Waals surface area (Å²) >= 11 is 0. The molecule has 22 heavy (non-hydrogen) atoms. The third kappa shape index (κ3) is 2.75. The summed E-state index contributed by atoms with van der Waals surface area (Å²) in [6, 6.07) is 6.10. The van der Waals surface area contributed by atoms with E-state index < -0.39 is 0 Å². The molecule has 1 aromatic carbocycles. The fraction of sp³-hybridized carbons (Fsp3) is 0.562. The van der Waals surface area contributed by atoms with Crippen LogP contribution < -0.4 is 14.8 Å². The highest BCUT2D eigenvalue weighted by Crippen LogP contribution is 2.32. The molecule has 3 aliphatic rings. The number of fused-ring (bicyclic) bond motifs is 2. The molecule has 2 saturated heterocycles. The fourth-order valence-electron chi connectivity index (χ4n) is 3.59. The Morgan fingerprint density at radius 2 is 2.00 bits per heavy atom. The Hall–Kier alpha value is -1.46. The highest BCUT2D eigenvalue weighted by atomic mass is 35.5. The second kappa shape index (κ2) is 6.34. The lowest BCUT2D eigenvalue weighted by molar-refractivity contribution is 0.0661. The minimum atomic E-state index is 0. The van der Waals surface area contributed by atoms with Crippen LogP contribution in [0.2, 0.25) is 0 Å². The van der Waals surface area contributed by atoms with Gasteiger partial charge in [0, 0.05) is 24.7 Å². The minimum absolute atomic E-state index is 0. The highest BCUT2D eigenvalue weighted by molar-refractivity contribution is 5.95. The molecule has 3 aliphatic heterocycles. The van der Waals surface area contributed by atoms with Gasteiger partial charge < -0.3 is 19.7 Å². The number of nitrogens with one attached hydrogen (secondary N) is 1. The number of hydrogen-bond donors (Lipinski definition) is 1. The van der Waals surface area contributed by atoms with Gasteiger partial charge in [0.25, 0.3) is 5.91 Å². The van der Waals surface area contributed by atoms with Crippen molar-refractivity contribution in [1.82, 2.24) is 10.2 Å². The number of carbonyl (C=O) groups excluding carboxylic acids is 1. The van der Waals surface area contributed by atoms with E-state index in [9.17, 15) is 4.79 Å². The Morgan fingerprint density at radius 3 is 2.86 bits per heavy atom. The molecular weight excluding hydrogens is 304 g/mol. The molecule has 120 valence electrons. The second-order valence-electron chi connectivity index (χ2n) is 6.01. The molecule has 2 atom stereocenters. The first kappa shape index (κ1) is 15.4. The van der Waals surface area contributed by atoms with Crippen LogP contribution in [0.1, 0.15) is 23.2 Å². The van der Waals surface area contributed by atoms with Gasteiger partial charge in [0.05, 0.1) is 0 Å². The summed E-state index contributed by atoms with van der Waals surface area (Å²) in [4.78, 5) is 14.7. The molecule has 2 unspecified atom stereocenters. The van der Waals surface area contributed by atoms with Gasteiger partial charge in [-0.3, -0.25) is 4.79 Å². The van der Waals surface area contributed by atoms with E-state index in [2.05, 4.69) is 5.32 Å². The average Bonchev–Trinajstić information content (AvgIpc) is 3.01. The number of ether oxygens (including phenoxy) is 2. The summed E-state index contributed by atoms with van der Waals surface area (Å²) in [6.45, 7) is 3.90. The van der Waals surface area contributed by atoms with Crippen molar-refractivity contribution in [3.8, 4) is 11.5 Å². The van der Waals surface area contributed by atoms with Gasteiger partial charge in [-0.15, -0.1) is 12.4 Å². The van der Waals surface area contributed by atoms with Crippen LogP contribution in [-0.2, 0) is 0 Å². The van der Waals surface area contributed by atoms with E-state index in [1.807, 2.05) is 23.1 Å². The number of piperidine rings is 1. The Labute approximate surface area is 136 Å². The Morgan fingerprint density at radius 1 is 1.18 bits per heavy atom. The predicted molar refractivity (Wildman–Crippen MR) is 85.1 cm³/mol. The van der Waals surface area contributed by atoms with Gasteiger partial charge in [0.15, 0.2) is 11.5 Å². The predicted octanol–water partition coefficient (Wildman–Crippen LogP) is 1.70. The van der Waals surface area contributed by atoms with E-state index in [1.165, 1.54) is 6.42 Å². The lowest BCUT2D eigenvalue weighted by atomic mass is 9.93. The van der Waals surface area contributed by atoms with E-state index in [4.69, 9.17) is 9.47 Å². The van der Waals surface area contributed by atoms with Crippen LogP contribution in [0.4, 0.5) is 0 Å². The van der Waals surface area contributed by atoms with Crippen LogP contribution >= 0.6 is 12.4 Å². The zero-order valence-electron chi connectivity index (χ0n) is 12.4. The maximum Gasteiger partial charge on any atom is 0.254 e. The zero-order valence-corrected chi connectivity index (χ0v) is 13.2. The van der Waals surface area contributed by atoms with Gasteiger partial charge in [-0.1, -0.05) is 0 Å². The van der Waals surface area contributed by atoms with E-state index in [0.717, 1.165) is 31.8 Å². The Balaban J connectivity index is 0.00000144. The average molecular weight is 325 g/mol. The van der Waals surface area contributed by atoms with Crippen LogP contribution in [0.3, 0.4) is 0 Å². The normalized spacial score (nSPS) is 26.1. The Kier molecular flexibility index (Phi) is 4.45.